The zero-order valence-electron chi connectivity index (χ0n) is 12.6. The molecule has 1 saturated carbocycles. The van der Waals surface area contributed by atoms with E-state index in [1.807, 2.05) is 30.3 Å². The Morgan fingerprint density at radius 1 is 1.25 bits per heavy atom. The molecule has 1 aromatic rings. The minimum absolute atomic E-state index is 0.231. The van der Waals surface area contributed by atoms with Crippen LogP contribution in [0.2, 0.25) is 0 Å². The van der Waals surface area contributed by atoms with Crippen LogP contribution in [0.1, 0.15) is 39.5 Å². The van der Waals surface area contributed by atoms with Crippen molar-refractivity contribution in [3.8, 4) is 0 Å². The number of hydrogen-bond donors (Lipinski definition) is 1. The van der Waals surface area contributed by atoms with Gasteiger partial charge in [0.15, 0.2) is 0 Å². The van der Waals surface area contributed by atoms with Gasteiger partial charge in [0.1, 0.15) is 0 Å². The van der Waals surface area contributed by atoms with E-state index in [2.05, 4.69) is 24.1 Å². The SMILES string of the molecule is CC(C)CN(C(=O)CNc1ccccc1)C1CCCC1. The minimum Gasteiger partial charge on any atom is -0.376 e. The molecular formula is C17H26N2O. The first-order valence-corrected chi connectivity index (χ1v) is 7.75. The van der Waals surface area contributed by atoms with Crippen molar-refractivity contribution < 1.29 is 4.79 Å². The van der Waals surface area contributed by atoms with Gasteiger partial charge in [-0.3, -0.25) is 4.79 Å². The number of benzene rings is 1. The van der Waals surface area contributed by atoms with Gasteiger partial charge in [-0.2, -0.15) is 0 Å². The van der Waals surface area contributed by atoms with Crippen LogP contribution in [-0.4, -0.2) is 29.9 Å². The van der Waals surface area contributed by atoms with Crippen molar-refractivity contribution in [2.75, 3.05) is 18.4 Å². The van der Waals surface area contributed by atoms with E-state index in [4.69, 9.17) is 0 Å². The number of nitrogens with one attached hydrogen (secondary N) is 1. The van der Waals surface area contributed by atoms with Crippen molar-refractivity contribution >= 4 is 11.6 Å². The number of para-hydroxylation sites is 1. The Labute approximate surface area is 122 Å². The molecular weight excluding hydrogens is 248 g/mol. The Morgan fingerprint density at radius 2 is 1.90 bits per heavy atom. The number of anilines is 1. The highest BCUT2D eigenvalue weighted by Gasteiger charge is 2.26. The number of amides is 1. The predicted octanol–water partition coefficient (Wildman–Crippen LogP) is 3.53. The topological polar surface area (TPSA) is 32.3 Å². The molecule has 20 heavy (non-hydrogen) atoms. The van der Waals surface area contributed by atoms with Gasteiger partial charge >= 0.3 is 0 Å². The largest absolute Gasteiger partial charge is 0.376 e. The molecule has 1 amide bonds. The Balaban J connectivity index is 1.92. The zero-order chi connectivity index (χ0) is 14.4. The van der Waals surface area contributed by atoms with Crippen molar-refractivity contribution in [1.82, 2.24) is 4.90 Å². The smallest absolute Gasteiger partial charge is 0.242 e. The second-order valence-corrected chi connectivity index (χ2v) is 6.10. The Bertz CT molecular complexity index is 410. The van der Waals surface area contributed by atoms with Crippen molar-refractivity contribution in [2.24, 2.45) is 5.92 Å². The fourth-order valence-corrected chi connectivity index (χ4v) is 2.90. The molecule has 0 atom stereocenters. The summed E-state index contributed by atoms with van der Waals surface area (Å²) in [6, 6.07) is 10.4. The van der Waals surface area contributed by atoms with Crippen molar-refractivity contribution in [3.05, 3.63) is 30.3 Å². The van der Waals surface area contributed by atoms with Crippen LogP contribution in [0.25, 0.3) is 0 Å². The maximum absolute atomic E-state index is 12.5. The van der Waals surface area contributed by atoms with Crippen molar-refractivity contribution in [3.63, 3.8) is 0 Å². The van der Waals surface area contributed by atoms with E-state index in [9.17, 15) is 4.79 Å². The van der Waals surface area contributed by atoms with Gasteiger partial charge in [-0.25, -0.2) is 0 Å². The van der Waals surface area contributed by atoms with E-state index in [0.717, 1.165) is 12.2 Å². The van der Waals surface area contributed by atoms with E-state index < -0.39 is 0 Å². The van der Waals surface area contributed by atoms with Crippen LogP contribution in [-0.2, 0) is 4.79 Å². The molecule has 1 fully saturated rings. The Kier molecular flexibility index (Phi) is 5.45. The molecule has 0 aromatic heterocycles. The third kappa shape index (κ3) is 4.26. The summed E-state index contributed by atoms with van der Waals surface area (Å²) in [5.41, 5.74) is 1.01. The summed E-state index contributed by atoms with van der Waals surface area (Å²) < 4.78 is 0. The van der Waals surface area contributed by atoms with Gasteiger partial charge in [0, 0.05) is 18.3 Å². The summed E-state index contributed by atoms with van der Waals surface area (Å²) in [5, 5.41) is 3.23. The maximum atomic E-state index is 12.5. The lowest BCUT2D eigenvalue weighted by Gasteiger charge is -2.31. The highest BCUT2D eigenvalue weighted by Crippen LogP contribution is 2.24. The molecule has 1 aliphatic rings. The van der Waals surface area contributed by atoms with E-state index >= 15 is 0 Å². The predicted molar refractivity (Wildman–Crippen MR) is 83.7 cm³/mol. The minimum atomic E-state index is 0.231. The van der Waals surface area contributed by atoms with Crippen molar-refractivity contribution in [2.45, 2.75) is 45.6 Å². The van der Waals surface area contributed by atoms with Crippen LogP contribution in [0.15, 0.2) is 30.3 Å². The van der Waals surface area contributed by atoms with Gasteiger partial charge < -0.3 is 10.2 Å². The quantitative estimate of drug-likeness (QED) is 0.860. The summed E-state index contributed by atoms with van der Waals surface area (Å²) in [6.45, 7) is 5.63. The highest BCUT2D eigenvalue weighted by atomic mass is 16.2. The molecule has 2 rings (SSSR count). The summed E-state index contributed by atoms with van der Waals surface area (Å²) in [6.07, 6.45) is 4.87. The van der Waals surface area contributed by atoms with Gasteiger partial charge in [-0.05, 0) is 30.9 Å². The Hall–Kier alpha value is -1.51. The van der Waals surface area contributed by atoms with Crippen LogP contribution in [0.5, 0.6) is 0 Å². The average Bonchev–Trinajstić information content (AvgIpc) is 2.97. The van der Waals surface area contributed by atoms with E-state index in [1.54, 1.807) is 0 Å². The van der Waals surface area contributed by atoms with Gasteiger partial charge in [0.05, 0.1) is 6.54 Å². The molecule has 0 radical (unpaired) electrons. The van der Waals surface area contributed by atoms with Crippen molar-refractivity contribution in [1.29, 1.82) is 0 Å². The summed E-state index contributed by atoms with van der Waals surface area (Å²) >= 11 is 0. The van der Waals surface area contributed by atoms with E-state index in [1.165, 1.54) is 25.7 Å². The second-order valence-electron chi connectivity index (χ2n) is 6.10. The number of rotatable bonds is 6. The first-order valence-electron chi connectivity index (χ1n) is 7.75. The normalized spacial score (nSPS) is 15.6. The molecule has 0 spiro atoms. The fraction of sp³-hybridized carbons (Fsp3) is 0.588. The van der Waals surface area contributed by atoms with Crippen LogP contribution in [0.3, 0.4) is 0 Å². The first kappa shape index (κ1) is 14.9. The summed E-state index contributed by atoms with van der Waals surface area (Å²) in [5.74, 6) is 0.755. The monoisotopic (exact) mass is 274 g/mol. The molecule has 0 bridgehead atoms. The fourth-order valence-electron chi connectivity index (χ4n) is 2.90. The first-order chi connectivity index (χ1) is 9.66. The van der Waals surface area contributed by atoms with Gasteiger partial charge in [-0.1, -0.05) is 44.9 Å². The van der Waals surface area contributed by atoms with Gasteiger partial charge in [-0.15, -0.1) is 0 Å². The molecule has 3 nitrogen and oxygen atoms in total. The molecule has 0 unspecified atom stereocenters. The molecule has 0 aliphatic heterocycles. The average molecular weight is 274 g/mol. The molecule has 0 saturated heterocycles. The third-order valence-electron chi connectivity index (χ3n) is 3.87. The number of nitrogens with zero attached hydrogens (tertiary/aromatic N) is 1. The molecule has 1 N–H and O–H groups in total. The van der Waals surface area contributed by atoms with Crippen LogP contribution < -0.4 is 5.32 Å². The Morgan fingerprint density at radius 3 is 2.50 bits per heavy atom. The standard InChI is InChI=1S/C17H26N2O/c1-14(2)13-19(16-10-6-7-11-16)17(20)12-18-15-8-4-3-5-9-15/h3-5,8-9,14,16,18H,6-7,10-13H2,1-2H3. The van der Waals surface area contributed by atoms with Crippen LogP contribution >= 0.6 is 0 Å². The van der Waals surface area contributed by atoms with E-state index in [-0.39, 0.29) is 5.91 Å². The lowest BCUT2D eigenvalue weighted by Crippen LogP contribution is -2.44. The number of hydrogen-bond acceptors (Lipinski definition) is 2. The van der Waals surface area contributed by atoms with E-state index in [0.29, 0.717) is 18.5 Å². The molecule has 110 valence electrons. The maximum Gasteiger partial charge on any atom is 0.242 e. The zero-order valence-corrected chi connectivity index (χ0v) is 12.6. The molecule has 1 aliphatic carbocycles. The summed E-state index contributed by atoms with van der Waals surface area (Å²) in [4.78, 5) is 14.6. The van der Waals surface area contributed by atoms with Crippen LogP contribution in [0, 0.1) is 5.92 Å². The molecule has 0 heterocycles. The highest BCUT2D eigenvalue weighted by molar-refractivity contribution is 5.81. The summed E-state index contributed by atoms with van der Waals surface area (Å²) in [7, 11) is 0. The van der Waals surface area contributed by atoms with Gasteiger partial charge in [0.25, 0.3) is 0 Å². The van der Waals surface area contributed by atoms with Crippen LogP contribution in [0.4, 0.5) is 5.69 Å². The lowest BCUT2D eigenvalue weighted by atomic mass is 10.1. The molecule has 1 aromatic carbocycles. The molecule has 3 heteroatoms. The van der Waals surface area contributed by atoms with Gasteiger partial charge in [0.2, 0.25) is 5.91 Å². The number of carbonyl (C=O) groups is 1. The lowest BCUT2D eigenvalue weighted by molar-refractivity contribution is -0.132. The third-order valence-corrected chi connectivity index (χ3v) is 3.87. The second kappa shape index (κ2) is 7.32. The number of carbonyl (C=O) groups excluding carboxylic acids is 1.